The van der Waals surface area contributed by atoms with Gasteiger partial charge in [0.15, 0.2) is 0 Å². The van der Waals surface area contributed by atoms with Crippen molar-refractivity contribution >= 4 is 29.7 Å². The number of allylic oxidation sites excluding steroid dienone is 2. The summed E-state index contributed by atoms with van der Waals surface area (Å²) in [4.78, 5) is 49.3. The summed E-state index contributed by atoms with van der Waals surface area (Å²) < 4.78 is 10.5. The number of imide groups is 1. The fourth-order valence-corrected chi connectivity index (χ4v) is 4.92. The van der Waals surface area contributed by atoms with Gasteiger partial charge in [-0.3, -0.25) is 19.7 Å². The Labute approximate surface area is 193 Å². The number of carbonyl (C=O) groups is 3. The van der Waals surface area contributed by atoms with Crippen molar-refractivity contribution in [2.75, 3.05) is 7.11 Å². The van der Waals surface area contributed by atoms with Gasteiger partial charge in [0.1, 0.15) is 5.75 Å². The van der Waals surface area contributed by atoms with Crippen LogP contribution in [-0.4, -0.2) is 41.0 Å². The van der Waals surface area contributed by atoms with E-state index in [1.165, 1.54) is 37.4 Å². The van der Waals surface area contributed by atoms with E-state index in [-0.39, 0.29) is 40.5 Å². The summed E-state index contributed by atoms with van der Waals surface area (Å²) in [7, 11) is 1.44. The first-order chi connectivity index (χ1) is 16.4. The summed E-state index contributed by atoms with van der Waals surface area (Å²) in [5.41, 5.74) is -0.260. The molecule has 172 valence electrons. The number of hydrogen-bond donors (Lipinski definition) is 0. The highest BCUT2D eigenvalue weighted by Gasteiger charge is 2.59. The van der Waals surface area contributed by atoms with Gasteiger partial charge in [-0.25, -0.2) is 4.79 Å². The molecular formula is C24H19N3O7. The van der Waals surface area contributed by atoms with Crippen LogP contribution in [0.3, 0.4) is 0 Å². The third kappa shape index (κ3) is 3.43. The lowest BCUT2D eigenvalue weighted by Gasteiger charge is -2.13. The first kappa shape index (κ1) is 21.5. The van der Waals surface area contributed by atoms with Crippen LogP contribution in [0.4, 0.5) is 5.69 Å². The highest BCUT2D eigenvalue weighted by atomic mass is 16.6. The average Bonchev–Trinajstić information content (AvgIpc) is 3.52. The number of ether oxygens (including phenoxy) is 2. The summed E-state index contributed by atoms with van der Waals surface area (Å²) in [6.45, 7) is 0. The van der Waals surface area contributed by atoms with E-state index >= 15 is 0 Å². The molecule has 1 heterocycles. The summed E-state index contributed by atoms with van der Waals surface area (Å²) >= 11 is 0. The van der Waals surface area contributed by atoms with E-state index in [0.717, 1.165) is 17.6 Å². The molecule has 4 atom stereocenters. The van der Waals surface area contributed by atoms with Crippen molar-refractivity contribution in [1.82, 2.24) is 5.01 Å². The predicted molar refractivity (Wildman–Crippen MR) is 118 cm³/mol. The van der Waals surface area contributed by atoms with Crippen LogP contribution in [0.5, 0.6) is 11.5 Å². The fourth-order valence-electron chi connectivity index (χ4n) is 4.92. The number of nitro benzene ring substituents is 1. The van der Waals surface area contributed by atoms with Gasteiger partial charge in [-0.2, -0.15) is 10.1 Å². The molecular weight excluding hydrogens is 442 g/mol. The van der Waals surface area contributed by atoms with Crippen LogP contribution >= 0.6 is 0 Å². The minimum atomic E-state index is -0.839. The minimum absolute atomic E-state index is 0.0313. The molecule has 1 aliphatic heterocycles. The monoisotopic (exact) mass is 461 g/mol. The third-order valence-electron chi connectivity index (χ3n) is 6.48. The molecule has 2 aliphatic carbocycles. The Bertz CT molecular complexity index is 1260. The van der Waals surface area contributed by atoms with Crippen LogP contribution in [0.2, 0.25) is 0 Å². The average molecular weight is 461 g/mol. The van der Waals surface area contributed by atoms with Gasteiger partial charge in [0.05, 0.1) is 35.6 Å². The molecule has 5 rings (SSSR count). The van der Waals surface area contributed by atoms with E-state index in [2.05, 4.69) is 5.10 Å². The smallest absolute Gasteiger partial charge is 0.343 e. The molecule has 10 heteroatoms. The minimum Gasteiger partial charge on any atom is -0.497 e. The van der Waals surface area contributed by atoms with Crippen LogP contribution in [0.15, 0.2) is 59.7 Å². The molecule has 2 bridgehead atoms. The number of esters is 1. The van der Waals surface area contributed by atoms with Gasteiger partial charge in [-0.05, 0) is 42.5 Å². The topological polar surface area (TPSA) is 128 Å². The lowest BCUT2D eigenvalue weighted by molar-refractivity contribution is -0.385. The number of methoxy groups -OCH3 is 1. The predicted octanol–water partition coefficient (Wildman–Crippen LogP) is 2.96. The summed E-state index contributed by atoms with van der Waals surface area (Å²) in [5.74, 6) is -2.32. The first-order valence-electron chi connectivity index (χ1n) is 10.6. The summed E-state index contributed by atoms with van der Waals surface area (Å²) in [5, 5.41) is 16.5. The molecule has 0 aromatic heterocycles. The zero-order valence-corrected chi connectivity index (χ0v) is 18.0. The van der Waals surface area contributed by atoms with Crippen molar-refractivity contribution in [3.05, 3.63) is 75.9 Å². The van der Waals surface area contributed by atoms with Gasteiger partial charge in [0, 0.05) is 11.6 Å². The molecule has 2 amide bonds. The van der Waals surface area contributed by atoms with Gasteiger partial charge < -0.3 is 9.47 Å². The van der Waals surface area contributed by atoms with Crippen LogP contribution < -0.4 is 9.47 Å². The van der Waals surface area contributed by atoms with Gasteiger partial charge in [-0.15, -0.1) is 0 Å². The van der Waals surface area contributed by atoms with E-state index in [4.69, 9.17) is 9.47 Å². The van der Waals surface area contributed by atoms with Crippen LogP contribution in [-0.2, 0) is 9.59 Å². The summed E-state index contributed by atoms with van der Waals surface area (Å²) in [6.07, 6.45) is 5.87. The molecule has 1 saturated heterocycles. The number of benzene rings is 2. The lowest BCUT2D eigenvalue weighted by atomic mass is 9.85. The molecule has 2 fully saturated rings. The quantitative estimate of drug-likeness (QED) is 0.123. The van der Waals surface area contributed by atoms with E-state index < -0.39 is 28.4 Å². The molecule has 3 aliphatic rings. The number of carbonyl (C=O) groups excluding carboxylic acids is 3. The molecule has 0 spiro atoms. The largest absolute Gasteiger partial charge is 0.497 e. The Morgan fingerprint density at radius 2 is 1.79 bits per heavy atom. The van der Waals surface area contributed by atoms with Gasteiger partial charge in [-0.1, -0.05) is 24.3 Å². The molecule has 0 radical (unpaired) electrons. The highest BCUT2D eigenvalue weighted by molar-refractivity contribution is 6.07. The second-order valence-electron chi connectivity index (χ2n) is 8.31. The zero-order valence-electron chi connectivity index (χ0n) is 18.0. The highest BCUT2D eigenvalue weighted by Crippen LogP contribution is 2.52. The van der Waals surface area contributed by atoms with Crippen molar-refractivity contribution in [3.8, 4) is 11.5 Å². The second kappa shape index (κ2) is 8.22. The number of rotatable bonds is 6. The Hall–Kier alpha value is -4.34. The lowest BCUT2D eigenvalue weighted by Crippen LogP contribution is -2.28. The number of hydrazone groups is 1. The number of nitrogens with zero attached hydrogens (tertiary/aromatic N) is 3. The van der Waals surface area contributed by atoms with Crippen molar-refractivity contribution in [1.29, 1.82) is 0 Å². The molecule has 4 unspecified atom stereocenters. The number of amides is 2. The fraction of sp³-hybridized carbons (Fsp3) is 0.250. The zero-order chi connectivity index (χ0) is 24.0. The number of para-hydroxylation sites is 1. The van der Waals surface area contributed by atoms with Crippen LogP contribution in [0.25, 0.3) is 0 Å². The van der Waals surface area contributed by atoms with Crippen LogP contribution in [0.1, 0.15) is 22.3 Å². The number of fused-ring (bicyclic) bond motifs is 5. The van der Waals surface area contributed by atoms with Crippen molar-refractivity contribution < 1.29 is 28.8 Å². The Balaban J connectivity index is 1.44. The molecule has 34 heavy (non-hydrogen) atoms. The molecule has 2 aromatic rings. The maximum Gasteiger partial charge on any atom is 0.343 e. The summed E-state index contributed by atoms with van der Waals surface area (Å²) in [6, 6.07) is 10.2. The maximum absolute atomic E-state index is 12.8. The van der Waals surface area contributed by atoms with Gasteiger partial charge in [0.2, 0.25) is 5.75 Å². The van der Waals surface area contributed by atoms with Crippen LogP contribution in [0, 0.1) is 33.8 Å². The second-order valence-corrected chi connectivity index (χ2v) is 8.31. The number of hydrogen-bond acceptors (Lipinski definition) is 8. The van der Waals surface area contributed by atoms with Crippen molar-refractivity contribution in [3.63, 3.8) is 0 Å². The SMILES string of the molecule is COc1cccc(C(=O)Oc2c(C=NN3C(=O)C4C5C=CC(C5)C4C3=O)cccc2[N+](=O)[O-])c1. The Morgan fingerprint density at radius 3 is 2.44 bits per heavy atom. The third-order valence-corrected chi connectivity index (χ3v) is 6.48. The van der Waals surface area contributed by atoms with Gasteiger partial charge >= 0.3 is 11.7 Å². The van der Waals surface area contributed by atoms with E-state index in [1.807, 2.05) is 12.2 Å². The Morgan fingerprint density at radius 1 is 1.12 bits per heavy atom. The standard InChI is InChI=1S/C24H19N3O7/c1-33-17-6-2-4-15(11-17)24(30)34-21-16(5-3-7-18(21)27(31)32)12-25-26-22(28)19-13-8-9-14(10-13)20(19)23(26)29/h2-9,11-14,19-20H,10H2,1H3. The van der Waals surface area contributed by atoms with E-state index in [1.54, 1.807) is 12.1 Å². The van der Waals surface area contributed by atoms with E-state index in [0.29, 0.717) is 5.75 Å². The molecule has 1 saturated carbocycles. The van der Waals surface area contributed by atoms with Crippen molar-refractivity contribution in [2.24, 2.45) is 28.8 Å². The maximum atomic E-state index is 12.8. The normalized spacial score (nSPS) is 24.7. The first-order valence-corrected chi connectivity index (χ1v) is 10.6. The molecule has 2 aromatic carbocycles. The van der Waals surface area contributed by atoms with Gasteiger partial charge in [0.25, 0.3) is 11.8 Å². The van der Waals surface area contributed by atoms with Crippen molar-refractivity contribution in [2.45, 2.75) is 6.42 Å². The van der Waals surface area contributed by atoms with E-state index in [9.17, 15) is 24.5 Å². The molecule has 10 nitrogen and oxygen atoms in total. The molecule has 0 N–H and O–H groups in total. The Kier molecular flexibility index (Phi) is 5.20. The number of nitro groups is 1.